The summed E-state index contributed by atoms with van der Waals surface area (Å²) in [6.45, 7) is 4.60. The van der Waals surface area contributed by atoms with E-state index in [1.54, 1.807) is 6.07 Å². The monoisotopic (exact) mass is 374 g/mol. The molecule has 0 bridgehead atoms. The summed E-state index contributed by atoms with van der Waals surface area (Å²) >= 11 is 9.50. The van der Waals surface area contributed by atoms with Gasteiger partial charge in [-0.05, 0) is 60.3 Å². The maximum absolute atomic E-state index is 5.91. The first-order chi connectivity index (χ1) is 10.0. The fourth-order valence-corrected chi connectivity index (χ4v) is 2.83. The quantitative estimate of drug-likeness (QED) is 0.807. The molecule has 116 valence electrons. The van der Waals surface area contributed by atoms with E-state index < -0.39 is 0 Å². The van der Waals surface area contributed by atoms with Gasteiger partial charge in [-0.1, -0.05) is 6.92 Å². The summed E-state index contributed by atoms with van der Waals surface area (Å²) in [5, 5.41) is 8.27. The van der Waals surface area contributed by atoms with Crippen LogP contribution < -0.4 is 5.32 Å². The lowest BCUT2D eigenvalue weighted by molar-refractivity contribution is 0.360. The molecule has 21 heavy (non-hydrogen) atoms. The van der Waals surface area contributed by atoms with Crippen LogP contribution in [-0.4, -0.2) is 41.9 Å². The van der Waals surface area contributed by atoms with Crippen molar-refractivity contribution in [2.75, 3.05) is 27.2 Å². The molecule has 0 saturated carbocycles. The Kier molecular flexibility index (Phi) is 5.87. The van der Waals surface area contributed by atoms with Gasteiger partial charge in [0.15, 0.2) is 5.22 Å². The van der Waals surface area contributed by atoms with Gasteiger partial charge in [0.1, 0.15) is 11.8 Å². The van der Waals surface area contributed by atoms with Crippen molar-refractivity contribution in [3.8, 4) is 0 Å². The van der Waals surface area contributed by atoms with Gasteiger partial charge < -0.3 is 14.6 Å². The first-order valence-electron chi connectivity index (χ1n) is 6.87. The molecule has 1 unspecified atom stereocenters. The number of nitrogens with zero attached hydrogens (tertiary/aromatic N) is 3. The zero-order valence-corrected chi connectivity index (χ0v) is 14.8. The first kappa shape index (κ1) is 16.5. The summed E-state index contributed by atoms with van der Waals surface area (Å²) in [5.74, 6) is 0.786. The van der Waals surface area contributed by atoms with Crippen molar-refractivity contribution in [3.05, 3.63) is 39.5 Å². The van der Waals surface area contributed by atoms with Crippen molar-refractivity contribution >= 4 is 27.5 Å². The first-order valence-corrected chi connectivity index (χ1v) is 8.04. The second-order valence-corrected chi connectivity index (χ2v) is 6.26. The normalized spacial score (nSPS) is 13.0. The Morgan fingerprint density at radius 3 is 2.81 bits per heavy atom. The maximum atomic E-state index is 5.91. The number of hydrogen-bond donors (Lipinski definition) is 1. The van der Waals surface area contributed by atoms with Crippen LogP contribution in [0.4, 0.5) is 0 Å². The van der Waals surface area contributed by atoms with E-state index in [4.69, 9.17) is 16.0 Å². The van der Waals surface area contributed by atoms with Gasteiger partial charge in [0.05, 0.1) is 22.9 Å². The summed E-state index contributed by atoms with van der Waals surface area (Å²) in [6.07, 6.45) is 1.82. The molecule has 0 amide bonds. The van der Waals surface area contributed by atoms with Gasteiger partial charge in [-0.15, -0.1) is 0 Å². The molecule has 2 aromatic rings. The number of hydrogen-bond acceptors (Lipinski definition) is 4. The van der Waals surface area contributed by atoms with Crippen molar-refractivity contribution in [2.24, 2.45) is 0 Å². The van der Waals surface area contributed by atoms with Crippen molar-refractivity contribution in [2.45, 2.75) is 19.5 Å². The molecule has 5 nitrogen and oxygen atoms in total. The van der Waals surface area contributed by atoms with Crippen molar-refractivity contribution in [1.29, 1.82) is 0 Å². The van der Waals surface area contributed by atoms with Gasteiger partial charge in [0.25, 0.3) is 0 Å². The highest BCUT2D eigenvalue weighted by molar-refractivity contribution is 9.10. The smallest absolute Gasteiger partial charge is 0.193 e. The van der Waals surface area contributed by atoms with E-state index in [9.17, 15) is 0 Å². The molecule has 0 fully saturated rings. The Balaban J connectivity index is 2.33. The molecular weight excluding hydrogens is 356 g/mol. The van der Waals surface area contributed by atoms with Gasteiger partial charge in [-0.25, -0.2) is 0 Å². The fourth-order valence-electron chi connectivity index (χ4n) is 2.15. The van der Waals surface area contributed by atoms with Gasteiger partial charge in [-0.3, -0.25) is 4.68 Å². The zero-order chi connectivity index (χ0) is 15.4. The number of likely N-dealkylation sites (N-methyl/N-ethyl adjacent to an activating group) is 1. The van der Waals surface area contributed by atoms with Crippen LogP contribution in [0.5, 0.6) is 0 Å². The lowest BCUT2D eigenvalue weighted by atomic mass is 10.1. The molecule has 0 saturated heterocycles. The lowest BCUT2D eigenvalue weighted by Gasteiger charge is -2.19. The van der Waals surface area contributed by atoms with E-state index in [1.807, 2.05) is 31.0 Å². The number of halogens is 2. The third-order valence-corrected chi connectivity index (χ3v) is 3.97. The van der Waals surface area contributed by atoms with Crippen LogP contribution in [0.1, 0.15) is 24.4 Å². The second-order valence-electron chi connectivity index (χ2n) is 5.04. The molecular formula is C14H20BrClN4O. The van der Waals surface area contributed by atoms with Gasteiger partial charge in [-0.2, -0.15) is 5.10 Å². The Labute approximate surface area is 138 Å². The summed E-state index contributed by atoms with van der Waals surface area (Å²) < 4.78 is 8.54. The molecule has 0 radical (unpaired) electrons. The van der Waals surface area contributed by atoms with Crippen LogP contribution >= 0.6 is 27.5 Å². The molecule has 1 atom stereocenters. The molecule has 0 aromatic carbocycles. The third-order valence-electron chi connectivity index (χ3n) is 3.15. The Morgan fingerprint density at radius 1 is 1.48 bits per heavy atom. The SMILES string of the molecule is CCNC(c1ccc(Cl)o1)c1c(Br)cnn1CCN(C)C. The second kappa shape index (κ2) is 7.45. The molecule has 0 aliphatic rings. The van der Waals surface area contributed by atoms with Gasteiger partial charge in [0, 0.05) is 6.54 Å². The molecule has 7 heteroatoms. The van der Waals surface area contributed by atoms with Crippen LogP contribution in [0.15, 0.2) is 27.2 Å². The number of rotatable bonds is 7. The summed E-state index contributed by atoms with van der Waals surface area (Å²) in [6, 6.07) is 3.57. The lowest BCUT2D eigenvalue weighted by Crippen LogP contribution is -2.27. The minimum Gasteiger partial charge on any atom is -0.448 e. The van der Waals surface area contributed by atoms with E-state index in [0.717, 1.165) is 35.6 Å². The molecule has 2 rings (SSSR count). The fraction of sp³-hybridized carbons (Fsp3) is 0.500. The summed E-state index contributed by atoms with van der Waals surface area (Å²) in [5.41, 5.74) is 1.05. The Bertz CT molecular complexity index is 581. The van der Waals surface area contributed by atoms with Gasteiger partial charge in [0.2, 0.25) is 0 Å². The van der Waals surface area contributed by atoms with Gasteiger partial charge >= 0.3 is 0 Å². The van der Waals surface area contributed by atoms with Crippen LogP contribution in [0.2, 0.25) is 5.22 Å². The predicted octanol–water partition coefficient (Wildman–Crippen LogP) is 3.15. The number of nitrogens with one attached hydrogen (secondary N) is 1. The van der Waals surface area contributed by atoms with Crippen LogP contribution in [0, 0.1) is 0 Å². The van der Waals surface area contributed by atoms with Crippen molar-refractivity contribution < 1.29 is 4.42 Å². The Morgan fingerprint density at radius 2 is 2.24 bits per heavy atom. The van der Waals surface area contributed by atoms with Crippen LogP contribution in [-0.2, 0) is 6.54 Å². The highest BCUT2D eigenvalue weighted by Crippen LogP contribution is 2.30. The molecule has 2 aromatic heterocycles. The van der Waals surface area contributed by atoms with E-state index in [0.29, 0.717) is 5.22 Å². The highest BCUT2D eigenvalue weighted by atomic mass is 79.9. The van der Waals surface area contributed by atoms with E-state index >= 15 is 0 Å². The molecule has 0 aliphatic heterocycles. The van der Waals surface area contributed by atoms with Crippen molar-refractivity contribution in [3.63, 3.8) is 0 Å². The van der Waals surface area contributed by atoms with Crippen molar-refractivity contribution in [1.82, 2.24) is 20.0 Å². The average molecular weight is 376 g/mol. The zero-order valence-electron chi connectivity index (χ0n) is 12.4. The molecule has 2 heterocycles. The van der Waals surface area contributed by atoms with E-state index in [2.05, 4.69) is 38.2 Å². The number of aromatic nitrogens is 2. The molecule has 0 spiro atoms. The highest BCUT2D eigenvalue weighted by Gasteiger charge is 2.24. The van der Waals surface area contributed by atoms with Crippen LogP contribution in [0.25, 0.3) is 0 Å². The molecule has 1 N–H and O–H groups in total. The Hall–Kier alpha value is -0.820. The largest absolute Gasteiger partial charge is 0.448 e. The average Bonchev–Trinajstić information content (AvgIpc) is 3.00. The van der Waals surface area contributed by atoms with E-state index in [-0.39, 0.29) is 6.04 Å². The summed E-state index contributed by atoms with van der Waals surface area (Å²) in [7, 11) is 4.10. The minimum atomic E-state index is -0.0819. The van der Waals surface area contributed by atoms with Crippen LogP contribution in [0.3, 0.4) is 0 Å². The van der Waals surface area contributed by atoms with E-state index in [1.165, 1.54) is 0 Å². The third kappa shape index (κ3) is 4.10. The maximum Gasteiger partial charge on any atom is 0.193 e. The minimum absolute atomic E-state index is 0.0819. The number of furan rings is 1. The predicted molar refractivity (Wildman–Crippen MR) is 87.7 cm³/mol. The molecule has 0 aliphatic carbocycles. The summed E-state index contributed by atoms with van der Waals surface area (Å²) in [4.78, 5) is 2.13. The standard InChI is InChI=1S/C14H20BrClN4O/c1-4-17-13(11-5-6-12(16)21-11)14-10(15)9-18-20(14)8-7-19(2)3/h5-6,9,13,17H,4,7-8H2,1-3H3. The topological polar surface area (TPSA) is 46.2 Å².